The summed E-state index contributed by atoms with van der Waals surface area (Å²) in [5, 5.41) is 4.58. The molecule has 3 amide bonds. The molecule has 2 N–H and O–H groups in total. The van der Waals surface area contributed by atoms with Crippen molar-refractivity contribution in [3.8, 4) is 0 Å². The largest absolute Gasteiger partial charge is 0.454 e. The molecule has 1 aliphatic carbocycles. The molecule has 0 unspecified atom stereocenters. The summed E-state index contributed by atoms with van der Waals surface area (Å²) >= 11 is 0. The molecule has 0 radical (unpaired) electrons. The Morgan fingerprint density at radius 3 is 2.43 bits per heavy atom. The first kappa shape index (κ1) is 23.9. The van der Waals surface area contributed by atoms with Gasteiger partial charge in [0, 0.05) is 6.54 Å². The summed E-state index contributed by atoms with van der Waals surface area (Å²) in [7, 11) is -4.02. The summed E-state index contributed by atoms with van der Waals surface area (Å²) in [6.07, 6.45) is 3.09. The number of rotatable bonds is 8. The van der Waals surface area contributed by atoms with Gasteiger partial charge in [-0.3, -0.25) is 14.9 Å². The Morgan fingerprint density at radius 2 is 1.80 bits per heavy atom. The van der Waals surface area contributed by atoms with Crippen LogP contribution in [0.15, 0.2) is 23.1 Å². The number of amides is 3. The number of benzene rings is 1. The van der Waals surface area contributed by atoms with Crippen molar-refractivity contribution in [3.05, 3.63) is 29.3 Å². The molecule has 0 atom stereocenters. The first-order chi connectivity index (χ1) is 14.1. The molecule has 0 bridgehead atoms. The lowest BCUT2D eigenvalue weighted by atomic mass is 10.1. The molecule has 9 heteroatoms. The number of aryl methyl sites for hydroxylation is 2. The third-order valence-electron chi connectivity index (χ3n) is 5.33. The summed E-state index contributed by atoms with van der Waals surface area (Å²) in [5.41, 5.74) is 1.33. The first-order valence-corrected chi connectivity index (χ1v) is 11.7. The van der Waals surface area contributed by atoms with Crippen LogP contribution in [0, 0.1) is 13.8 Å². The Labute approximate surface area is 177 Å². The highest BCUT2D eigenvalue weighted by molar-refractivity contribution is 7.93. The van der Waals surface area contributed by atoms with E-state index in [0.717, 1.165) is 18.4 Å². The number of hydrogen-bond acceptors (Lipinski definition) is 6. The summed E-state index contributed by atoms with van der Waals surface area (Å²) < 4.78 is 30.3. The molecule has 1 aliphatic rings. The van der Waals surface area contributed by atoms with E-state index >= 15 is 0 Å². The molecule has 1 aromatic rings. The number of urea groups is 1. The van der Waals surface area contributed by atoms with E-state index < -0.39 is 39.1 Å². The lowest BCUT2D eigenvalue weighted by molar-refractivity contribution is -0.150. The van der Waals surface area contributed by atoms with Gasteiger partial charge in [-0.2, -0.15) is 0 Å². The molecule has 8 nitrogen and oxygen atoms in total. The maximum Gasteiger partial charge on any atom is 0.328 e. The van der Waals surface area contributed by atoms with Crippen molar-refractivity contribution in [2.75, 3.05) is 13.2 Å². The quantitative estimate of drug-likeness (QED) is 0.476. The van der Waals surface area contributed by atoms with Gasteiger partial charge in [-0.05, 0) is 50.3 Å². The number of ether oxygens (including phenoxy) is 1. The van der Waals surface area contributed by atoms with Crippen LogP contribution in [0.4, 0.5) is 4.79 Å². The van der Waals surface area contributed by atoms with Crippen molar-refractivity contribution in [1.29, 1.82) is 0 Å². The second-order valence-electron chi connectivity index (χ2n) is 7.71. The lowest BCUT2D eigenvalue weighted by Gasteiger charge is -2.27. The van der Waals surface area contributed by atoms with Crippen LogP contribution in [0.5, 0.6) is 0 Å². The Morgan fingerprint density at radius 1 is 1.13 bits per heavy atom. The minimum absolute atomic E-state index is 0.112. The molecule has 0 aliphatic heterocycles. The van der Waals surface area contributed by atoms with Crippen LogP contribution in [0.3, 0.4) is 0 Å². The highest BCUT2D eigenvalue weighted by Gasteiger charge is 2.54. The Bertz CT molecular complexity index is 904. The molecule has 0 spiro atoms. The van der Waals surface area contributed by atoms with Crippen LogP contribution < -0.4 is 10.6 Å². The van der Waals surface area contributed by atoms with Crippen LogP contribution in [0.25, 0.3) is 0 Å². The van der Waals surface area contributed by atoms with E-state index in [0.29, 0.717) is 24.9 Å². The van der Waals surface area contributed by atoms with Gasteiger partial charge in [0.1, 0.15) is 0 Å². The van der Waals surface area contributed by atoms with Gasteiger partial charge in [0.15, 0.2) is 21.2 Å². The SMILES string of the molecule is CCCCNC(=O)NC(=O)COC(=O)C1(S(=O)(=O)c2cc(C)ccc2C)CCCC1. The maximum absolute atomic E-state index is 13.5. The number of unbranched alkanes of at least 4 members (excludes halogenated alkanes) is 1. The van der Waals surface area contributed by atoms with E-state index in [2.05, 4.69) is 10.6 Å². The second-order valence-corrected chi connectivity index (χ2v) is 9.94. The number of imide groups is 1. The molecule has 2 rings (SSSR count). The summed E-state index contributed by atoms with van der Waals surface area (Å²) in [4.78, 5) is 36.6. The molecular formula is C21H30N2O6S. The second kappa shape index (κ2) is 10.1. The zero-order chi connectivity index (χ0) is 22.4. The molecule has 0 saturated heterocycles. The standard InChI is InChI=1S/C21H30N2O6S/c1-4-5-12-22-20(26)23-18(24)14-29-19(25)21(10-6-7-11-21)30(27,28)17-13-15(2)8-9-16(17)3/h8-9,13H,4-7,10-12,14H2,1-3H3,(H2,22,23,24,26). The number of nitrogens with one attached hydrogen (secondary N) is 2. The van der Waals surface area contributed by atoms with Gasteiger partial charge in [0.2, 0.25) is 0 Å². The van der Waals surface area contributed by atoms with Crippen LogP contribution >= 0.6 is 0 Å². The van der Waals surface area contributed by atoms with Gasteiger partial charge in [-0.25, -0.2) is 13.2 Å². The normalized spacial score (nSPS) is 15.4. The molecular weight excluding hydrogens is 408 g/mol. The van der Waals surface area contributed by atoms with Crippen LogP contribution in [-0.4, -0.2) is 44.2 Å². The predicted octanol–water partition coefficient (Wildman–Crippen LogP) is 2.56. The summed E-state index contributed by atoms with van der Waals surface area (Å²) in [6, 6.07) is 4.40. The first-order valence-electron chi connectivity index (χ1n) is 10.2. The van der Waals surface area contributed by atoms with Crippen LogP contribution in [-0.2, 0) is 24.2 Å². The highest BCUT2D eigenvalue weighted by atomic mass is 32.2. The number of carbonyl (C=O) groups excluding carboxylic acids is 3. The van der Waals surface area contributed by atoms with Crippen molar-refractivity contribution in [3.63, 3.8) is 0 Å². The van der Waals surface area contributed by atoms with Gasteiger partial charge in [0.05, 0.1) is 4.90 Å². The number of carbonyl (C=O) groups is 3. The van der Waals surface area contributed by atoms with Crippen molar-refractivity contribution in [1.82, 2.24) is 10.6 Å². The third kappa shape index (κ3) is 5.19. The summed E-state index contributed by atoms with van der Waals surface area (Å²) in [6.45, 7) is 5.14. The molecule has 1 aromatic carbocycles. The van der Waals surface area contributed by atoms with Gasteiger partial charge < -0.3 is 10.1 Å². The minimum atomic E-state index is -4.02. The van der Waals surface area contributed by atoms with Crippen molar-refractivity contribution >= 4 is 27.7 Å². The summed E-state index contributed by atoms with van der Waals surface area (Å²) in [5.74, 6) is -1.75. The average molecular weight is 439 g/mol. The predicted molar refractivity (Wildman–Crippen MR) is 112 cm³/mol. The number of sulfone groups is 1. The van der Waals surface area contributed by atoms with E-state index in [-0.39, 0.29) is 17.7 Å². The monoisotopic (exact) mass is 438 g/mol. The Balaban J connectivity index is 2.12. The van der Waals surface area contributed by atoms with Crippen molar-refractivity contribution in [2.45, 2.75) is 68.9 Å². The number of hydrogen-bond donors (Lipinski definition) is 2. The van der Waals surface area contributed by atoms with Crippen molar-refractivity contribution < 1.29 is 27.5 Å². The molecule has 1 saturated carbocycles. The molecule has 30 heavy (non-hydrogen) atoms. The molecule has 0 aromatic heterocycles. The molecule has 0 heterocycles. The van der Waals surface area contributed by atoms with Crippen LogP contribution in [0.1, 0.15) is 56.6 Å². The zero-order valence-electron chi connectivity index (χ0n) is 17.7. The molecule has 166 valence electrons. The topological polar surface area (TPSA) is 119 Å². The average Bonchev–Trinajstić information content (AvgIpc) is 3.20. The fraction of sp³-hybridized carbons (Fsp3) is 0.571. The van der Waals surface area contributed by atoms with E-state index in [1.807, 2.05) is 13.0 Å². The lowest BCUT2D eigenvalue weighted by Crippen LogP contribution is -2.47. The van der Waals surface area contributed by atoms with E-state index in [9.17, 15) is 22.8 Å². The van der Waals surface area contributed by atoms with Gasteiger partial charge in [-0.15, -0.1) is 0 Å². The fourth-order valence-corrected chi connectivity index (χ4v) is 5.94. The van der Waals surface area contributed by atoms with E-state index in [1.165, 1.54) is 0 Å². The molecule has 1 fully saturated rings. The van der Waals surface area contributed by atoms with E-state index in [4.69, 9.17) is 4.74 Å². The van der Waals surface area contributed by atoms with Crippen LogP contribution in [0.2, 0.25) is 0 Å². The highest BCUT2D eigenvalue weighted by Crippen LogP contribution is 2.42. The maximum atomic E-state index is 13.5. The Hall–Kier alpha value is -2.42. The van der Waals surface area contributed by atoms with Crippen molar-refractivity contribution in [2.24, 2.45) is 0 Å². The van der Waals surface area contributed by atoms with Gasteiger partial charge >= 0.3 is 12.0 Å². The number of esters is 1. The third-order valence-corrected chi connectivity index (χ3v) is 7.96. The minimum Gasteiger partial charge on any atom is -0.454 e. The van der Waals surface area contributed by atoms with Gasteiger partial charge in [0.25, 0.3) is 5.91 Å². The smallest absolute Gasteiger partial charge is 0.328 e. The fourth-order valence-electron chi connectivity index (χ4n) is 3.58. The van der Waals surface area contributed by atoms with E-state index in [1.54, 1.807) is 26.0 Å². The zero-order valence-corrected chi connectivity index (χ0v) is 18.6. The van der Waals surface area contributed by atoms with Gasteiger partial charge in [-0.1, -0.05) is 38.3 Å². The Kier molecular flexibility index (Phi) is 8.00.